The topological polar surface area (TPSA) is 200 Å². The van der Waals surface area contributed by atoms with Gasteiger partial charge in [-0.25, -0.2) is 56.2 Å². The second-order valence-corrected chi connectivity index (χ2v) is 21.6. The number of pyridine rings is 3. The summed E-state index contributed by atoms with van der Waals surface area (Å²) in [7, 11) is -1.55. The second-order valence-electron chi connectivity index (χ2n) is 17.8. The first-order chi connectivity index (χ1) is 33.2. The number of nitrogens with zero attached hydrogens (tertiary/aromatic N) is 9. The van der Waals surface area contributed by atoms with Gasteiger partial charge < -0.3 is 35.8 Å². The summed E-state index contributed by atoms with van der Waals surface area (Å²) in [5.74, 6) is -7.27. The van der Waals surface area contributed by atoms with Gasteiger partial charge in [0.1, 0.15) is 44.9 Å². The highest BCUT2D eigenvalue weighted by molar-refractivity contribution is 9.11. The molecule has 15 nitrogen and oxygen atoms in total. The van der Waals surface area contributed by atoms with Crippen LogP contribution in [0.3, 0.4) is 0 Å². The lowest BCUT2D eigenvalue weighted by atomic mass is 9.82. The number of amides is 1. The first-order valence-electron chi connectivity index (χ1n) is 21.9. The first kappa shape index (κ1) is 49.7. The highest BCUT2D eigenvalue weighted by atomic mass is 79.9. The van der Waals surface area contributed by atoms with Crippen molar-refractivity contribution in [1.82, 2.24) is 29.9 Å². The molecule has 3 saturated carbocycles. The molecule has 1 amide bonds. The van der Waals surface area contributed by atoms with Crippen molar-refractivity contribution in [3.05, 3.63) is 80.7 Å². The molecule has 5 N–H and O–H groups in total. The van der Waals surface area contributed by atoms with Gasteiger partial charge in [0.05, 0.1) is 41.2 Å². The number of piperidine rings is 3. The Kier molecular flexibility index (Phi) is 13.8. The molecule has 368 valence electrons. The first-order valence-corrected chi connectivity index (χ1v) is 25.3. The van der Waals surface area contributed by atoms with Crippen LogP contribution in [0.5, 0.6) is 0 Å². The van der Waals surface area contributed by atoms with Gasteiger partial charge in [0.25, 0.3) is 17.8 Å². The number of fused-ring (bicyclic) bond motifs is 3. The van der Waals surface area contributed by atoms with Crippen molar-refractivity contribution in [2.75, 3.05) is 65.0 Å². The smallest absolute Gasteiger partial charge is 0.423 e. The number of rotatable bonds is 9. The number of hydrogen-bond donors (Lipinski definition) is 4. The molecule has 3 aliphatic carbocycles. The number of anilines is 5. The molecule has 6 atom stereocenters. The minimum atomic E-state index is -2.49. The predicted molar refractivity (Wildman–Crippen MR) is 260 cm³/mol. The fourth-order valence-electron chi connectivity index (χ4n) is 8.91. The van der Waals surface area contributed by atoms with E-state index in [1.807, 2.05) is 39.4 Å². The van der Waals surface area contributed by atoms with E-state index < -0.39 is 60.4 Å². The van der Waals surface area contributed by atoms with Crippen molar-refractivity contribution in [2.24, 2.45) is 35.5 Å². The number of nitrogen functional groups attached to an aromatic ring is 1. The molecule has 6 unspecified atom stereocenters. The lowest BCUT2D eigenvalue weighted by Crippen LogP contribution is -2.32. The Bertz CT molecular complexity index is 2800. The Morgan fingerprint density at radius 1 is 0.671 bits per heavy atom. The van der Waals surface area contributed by atoms with Crippen molar-refractivity contribution >= 4 is 103 Å². The molecule has 0 aromatic carbocycles. The maximum Gasteiger partial charge on any atom is 0.490 e. The van der Waals surface area contributed by atoms with E-state index in [0.717, 1.165) is 42.4 Å². The number of carbonyl (C=O) groups excluding carboxylic acids is 2. The molecule has 0 spiro atoms. The van der Waals surface area contributed by atoms with Crippen molar-refractivity contribution in [2.45, 2.75) is 38.0 Å². The van der Waals surface area contributed by atoms with Crippen molar-refractivity contribution in [3.8, 4) is 21.1 Å². The molecular weight excluding hydrogens is 1050 g/mol. The number of hydrogen-bond acceptors (Lipinski definition) is 17. The number of halogens is 7. The quantitative estimate of drug-likeness (QED) is 0.0866. The summed E-state index contributed by atoms with van der Waals surface area (Å²) >= 11 is 7.55. The number of aromatic nitrogens is 6. The third-order valence-electron chi connectivity index (χ3n) is 12.9. The maximum absolute atomic E-state index is 13.2. The zero-order chi connectivity index (χ0) is 49.9. The summed E-state index contributed by atoms with van der Waals surface area (Å²) in [6.07, 6.45) is 5.12. The Morgan fingerprint density at radius 3 is 1.46 bits per heavy atom. The van der Waals surface area contributed by atoms with Crippen LogP contribution < -0.4 is 31.2 Å². The van der Waals surface area contributed by atoms with Crippen LogP contribution in [-0.2, 0) is 16.0 Å². The third kappa shape index (κ3) is 10.7. The van der Waals surface area contributed by atoms with Gasteiger partial charge in [0.15, 0.2) is 3.92 Å². The van der Waals surface area contributed by atoms with E-state index in [9.17, 15) is 35.9 Å². The highest BCUT2D eigenvalue weighted by Crippen LogP contribution is 2.61. The number of thiazole rings is 3. The lowest BCUT2D eigenvalue weighted by molar-refractivity contribution is -0.116. The predicted octanol–water partition coefficient (Wildman–Crippen LogP) is 6.85. The molecule has 6 aromatic rings. The van der Waals surface area contributed by atoms with E-state index in [0.29, 0.717) is 68.6 Å². The standard InChI is InChI=1S/C16H15F2N3OS.C13H12F2N4S.C10H11BF2N2O2.C5H5BrN2OS/c1-9(22)4-11-8-23-15(20-11)10-2-3-14(19-5-10)21-6-12-13(7-21)16(12,17)18;14-13(15)8-4-19(5-9(8)13)11-2-1-7(3-17-11)12-18-10(16)6-20-12;12-10(13)7-4-15(5-8(7)10)9-2-1-6(3-14-9)11(16)17;1-3(9)7-4-2-10-5(6)8-4/h2-3,5,8,12-13H,4,6-7H2,1H3;1-3,6,8-9H,4-5,16H2;1-3,7-8,16-17H,4-5H2;2H,1H3,(H,7,9). The van der Waals surface area contributed by atoms with Gasteiger partial charge in [-0.3, -0.25) is 9.59 Å². The van der Waals surface area contributed by atoms with Crippen molar-refractivity contribution in [1.29, 1.82) is 0 Å². The van der Waals surface area contributed by atoms with E-state index >= 15 is 0 Å². The van der Waals surface area contributed by atoms with Crippen LogP contribution in [0, 0.1) is 35.5 Å². The lowest BCUT2D eigenvalue weighted by Gasteiger charge is -2.20. The van der Waals surface area contributed by atoms with Crippen LogP contribution in [-0.4, -0.2) is 116 Å². The molecule has 70 heavy (non-hydrogen) atoms. The Labute approximate surface area is 417 Å². The summed E-state index contributed by atoms with van der Waals surface area (Å²) in [6, 6.07) is 10.7. The molecular formula is C44H43BBrF6N11O4S3. The van der Waals surface area contributed by atoms with Gasteiger partial charge in [0.2, 0.25) is 5.91 Å². The van der Waals surface area contributed by atoms with Crippen molar-refractivity contribution in [3.63, 3.8) is 0 Å². The van der Waals surface area contributed by atoms with Gasteiger partial charge in [0, 0.05) is 104 Å². The van der Waals surface area contributed by atoms with Crippen LogP contribution in [0.15, 0.2) is 75.0 Å². The largest absolute Gasteiger partial charge is 0.490 e. The van der Waals surface area contributed by atoms with Crippen LogP contribution >= 0.6 is 49.9 Å². The second kappa shape index (κ2) is 19.4. The molecule has 0 radical (unpaired) electrons. The normalized spacial score (nSPS) is 24.1. The number of carbonyl (C=O) groups is 2. The molecule has 12 rings (SSSR count). The number of Topliss-reactive ketones (excluding diaryl/α,β-unsaturated/α-hetero) is 1. The maximum atomic E-state index is 13.2. The van der Waals surface area contributed by atoms with E-state index in [4.69, 9.17) is 15.8 Å². The molecule has 26 heteroatoms. The van der Waals surface area contributed by atoms with Crippen LogP contribution in [0.1, 0.15) is 19.5 Å². The molecule has 3 saturated heterocycles. The van der Waals surface area contributed by atoms with Crippen LogP contribution in [0.2, 0.25) is 0 Å². The third-order valence-corrected chi connectivity index (χ3v) is 16.1. The molecule has 9 heterocycles. The molecule has 0 bridgehead atoms. The zero-order valence-electron chi connectivity index (χ0n) is 37.1. The number of alkyl halides is 6. The monoisotopic (exact) mass is 1090 g/mol. The zero-order valence-corrected chi connectivity index (χ0v) is 41.1. The fourth-order valence-corrected chi connectivity index (χ4v) is 11.4. The summed E-state index contributed by atoms with van der Waals surface area (Å²) in [5, 5.41) is 27.4. The summed E-state index contributed by atoms with van der Waals surface area (Å²) in [6.45, 7) is 5.20. The average molecular weight is 1090 g/mol. The van der Waals surface area contributed by atoms with E-state index in [-0.39, 0.29) is 11.7 Å². The SMILES string of the molecule is CC(=O)Cc1csc(-c2ccc(N3CC4C(C3)C4(F)F)nc2)n1.CC(=O)Nc1csc(Br)n1.Nc1csc(-c2ccc(N3CC4C(C3)C4(F)F)nc2)n1.OB(O)c1ccc(N2CC3C(C2)C3(F)F)nc1. The van der Waals surface area contributed by atoms with E-state index in [1.165, 1.54) is 53.2 Å². The van der Waals surface area contributed by atoms with Crippen LogP contribution in [0.25, 0.3) is 21.1 Å². The average Bonchev–Trinajstić information content (AvgIpc) is 3.97. The molecule has 6 fully saturated rings. The van der Waals surface area contributed by atoms with Gasteiger partial charge in [-0.1, -0.05) is 6.07 Å². The van der Waals surface area contributed by atoms with E-state index in [2.05, 4.69) is 51.2 Å². The van der Waals surface area contributed by atoms with Gasteiger partial charge in [-0.15, -0.1) is 34.0 Å². The Balaban J connectivity index is 0.000000120. The highest BCUT2D eigenvalue weighted by Gasteiger charge is 2.73. The van der Waals surface area contributed by atoms with E-state index in [1.54, 1.807) is 41.0 Å². The Hall–Kier alpha value is -5.28. The summed E-state index contributed by atoms with van der Waals surface area (Å²) in [5.41, 5.74) is 8.42. The fraction of sp³-hybridized carbons (Fsp3) is 0.409. The van der Waals surface area contributed by atoms with Gasteiger partial charge in [-0.2, -0.15) is 0 Å². The summed E-state index contributed by atoms with van der Waals surface area (Å²) in [4.78, 5) is 52.6. The minimum absolute atomic E-state index is 0.0831. The number of nitrogens with two attached hydrogens (primary N) is 1. The number of ketones is 1. The van der Waals surface area contributed by atoms with Crippen molar-refractivity contribution < 1.29 is 46.0 Å². The minimum Gasteiger partial charge on any atom is -0.423 e. The number of nitrogens with one attached hydrogen (secondary N) is 1. The molecule has 6 aromatic heterocycles. The summed E-state index contributed by atoms with van der Waals surface area (Å²) < 4.78 is 79.5. The molecule has 6 aliphatic rings. The molecule has 3 aliphatic heterocycles. The Morgan fingerprint density at radius 2 is 1.11 bits per heavy atom. The van der Waals surface area contributed by atoms with Gasteiger partial charge in [-0.05, 0) is 53.2 Å². The van der Waals surface area contributed by atoms with Crippen LogP contribution in [0.4, 0.5) is 55.4 Å². The van der Waals surface area contributed by atoms with Gasteiger partial charge >= 0.3 is 7.12 Å².